The van der Waals surface area contributed by atoms with Gasteiger partial charge in [0, 0.05) is 17.9 Å². The summed E-state index contributed by atoms with van der Waals surface area (Å²) in [6.07, 6.45) is 6.17. The van der Waals surface area contributed by atoms with Crippen LogP contribution >= 0.6 is 11.6 Å². The number of hydrogen-bond acceptors (Lipinski definition) is 4. The molecule has 6 heteroatoms. The molecular weight excluding hydrogens is 290 g/mol. The quantitative estimate of drug-likeness (QED) is 0.861. The van der Waals surface area contributed by atoms with Gasteiger partial charge in [0.25, 0.3) is 0 Å². The van der Waals surface area contributed by atoms with E-state index in [-0.39, 0.29) is 0 Å². The van der Waals surface area contributed by atoms with Crippen LogP contribution in [0.25, 0.3) is 0 Å². The minimum atomic E-state index is -0.438. The van der Waals surface area contributed by atoms with Crippen molar-refractivity contribution < 1.29 is 9.53 Å². The van der Waals surface area contributed by atoms with Crippen molar-refractivity contribution in [1.82, 2.24) is 9.55 Å². The van der Waals surface area contributed by atoms with Crippen molar-refractivity contribution in [3.8, 4) is 0 Å². The predicted molar refractivity (Wildman–Crippen MR) is 80.6 cm³/mol. The van der Waals surface area contributed by atoms with Crippen LogP contribution in [0.15, 0.2) is 30.7 Å². The van der Waals surface area contributed by atoms with Crippen LogP contribution in [0, 0.1) is 0 Å². The van der Waals surface area contributed by atoms with Crippen molar-refractivity contribution in [2.75, 3.05) is 12.4 Å². The molecule has 1 saturated carbocycles. The number of benzene rings is 1. The maximum absolute atomic E-state index is 11.6. The molecule has 1 fully saturated rings. The van der Waals surface area contributed by atoms with Gasteiger partial charge in [-0.15, -0.1) is 0 Å². The van der Waals surface area contributed by atoms with Crippen molar-refractivity contribution >= 4 is 23.3 Å². The highest BCUT2D eigenvalue weighted by atomic mass is 35.5. The lowest BCUT2D eigenvalue weighted by atomic mass is 10.2. The Hall–Kier alpha value is -2.01. The second-order valence-electron chi connectivity index (χ2n) is 5.06. The topological polar surface area (TPSA) is 56.1 Å². The third kappa shape index (κ3) is 3.03. The fraction of sp³-hybridized carbons (Fsp3) is 0.333. The van der Waals surface area contributed by atoms with Crippen molar-refractivity contribution in [3.63, 3.8) is 0 Å². The summed E-state index contributed by atoms with van der Waals surface area (Å²) in [4.78, 5) is 15.8. The van der Waals surface area contributed by atoms with Crippen LogP contribution in [0.4, 0.5) is 5.69 Å². The summed E-state index contributed by atoms with van der Waals surface area (Å²) in [6, 6.07) is 5.83. The van der Waals surface area contributed by atoms with Gasteiger partial charge in [0.1, 0.15) is 0 Å². The molecule has 21 heavy (non-hydrogen) atoms. The molecule has 0 amide bonds. The van der Waals surface area contributed by atoms with Crippen molar-refractivity contribution in [3.05, 3.63) is 47.0 Å². The van der Waals surface area contributed by atoms with Gasteiger partial charge in [0.05, 0.1) is 36.3 Å². The highest BCUT2D eigenvalue weighted by Gasteiger charge is 2.25. The molecule has 1 aromatic carbocycles. The highest BCUT2D eigenvalue weighted by Crippen LogP contribution is 2.35. The molecule has 3 rings (SSSR count). The maximum Gasteiger partial charge on any atom is 0.339 e. The van der Waals surface area contributed by atoms with Crippen LogP contribution in [0.2, 0.25) is 5.02 Å². The number of nitrogens with zero attached hydrogens (tertiary/aromatic N) is 2. The lowest BCUT2D eigenvalue weighted by molar-refractivity contribution is 0.0601. The Morgan fingerprint density at radius 2 is 2.33 bits per heavy atom. The number of carbonyl (C=O) groups is 1. The number of aromatic nitrogens is 2. The van der Waals surface area contributed by atoms with E-state index in [1.807, 2.05) is 18.6 Å². The average molecular weight is 306 g/mol. The molecular formula is C15H16ClN3O2. The number of rotatable bonds is 5. The molecule has 0 atom stereocenters. The number of nitrogens with one attached hydrogen (secondary N) is 1. The van der Waals surface area contributed by atoms with Crippen molar-refractivity contribution in [2.45, 2.75) is 25.4 Å². The minimum Gasteiger partial charge on any atom is -0.465 e. The summed E-state index contributed by atoms with van der Waals surface area (Å²) < 4.78 is 6.91. The first-order valence-electron chi connectivity index (χ1n) is 6.81. The van der Waals surface area contributed by atoms with Crippen LogP contribution < -0.4 is 5.32 Å². The van der Waals surface area contributed by atoms with Gasteiger partial charge in [-0.3, -0.25) is 0 Å². The Bertz CT molecular complexity index is 665. The van der Waals surface area contributed by atoms with Crippen molar-refractivity contribution in [1.29, 1.82) is 0 Å². The zero-order valence-electron chi connectivity index (χ0n) is 11.7. The molecule has 0 unspecified atom stereocenters. The van der Waals surface area contributed by atoms with Crippen molar-refractivity contribution in [2.24, 2.45) is 0 Å². The molecule has 2 aromatic rings. The number of imidazole rings is 1. The molecule has 110 valence electrons. The van der Waals surface area contributed by atoms with Crippen LogP contribution in [0.5, 0.6) is 0 Å². The zero-order valence-corrected chi connectivity index (χ0v) is 12.4. The summed E-state index contributed by atoms with van der Waals surface area (Å²) in [6.45, 7) is 0.652. The molecule has 1 N–H and O–H groups in total. The van der Waals surface area contributed by atoms with Gasteiger partial charge < -0.3 is 14.6 Å². The third-order valence-electron chi connectivity index (χ3n) is 3.53. The molecule has 0 aliphatic heterocycles. The number of methoxy groups -OCH3 is 1. The number of halogens is 1. The van der Waals surface area contributed by atoms with Gasteiger partial charge in [-0.1, -0.05) is 11.6 Å². The fourth-order valence-corrected chi connectivity index (χ4v) is 2.44. The molecule has 1 aliphatic carbocycles. The summed E-state index contributed by atoms with van der Waals surface area (Å²) in [7, 11) is 1.34. The Balaban J connectivity index is 1.73. The van der Waals surface area contributed by atoms with Crippen LogP contribution in [0.3, 0.4) is 0 Å². The zero-order chi connectivity index (χ0) is 14.8. The van der Waals surface area contributed by atoms with Crippen LogP contribution in [0.1, 0.15) is 34.9 Å². The molecule has 1 aliphatic rings. The van der Waals surface area contributed by atoms with E-state index in [0.717, 1.165) is 11.4 Å². The molecule has 5 nitrogen and oxygen atoms in total. The predicted octanol–water partition coefficient (Wildman–Crippen LogP) is 3.27. The van der Waals surface area contributed by atoms with E-state index in [4.69, 9.17) is 16.3 Å². The second-order valence-corrected chi connectivity index (χ2v) is 5.47. The lowest BCUT2D eigenvalue weighted by Crippen LogP contribution is -2.07. The Kier molecular flexibility index (Phi) is 3.84. The fourth-order valence-electron chi connectivity index (χ4n) is 2.24. The van der Waals surface area contributed by atoms with Gasteiger partial charge in [0.2, 0.25) is 0 Å². The largest absolute Gasteiger partial charge is 0.465 e. The molecule has 1 aromatic heterocycles. The minimum absolute atomic E-state index is 0.361. The number of carbonyl (C=O) groups excluding carboxylic acids is 1. The molecule has 0 bridgehead atoms. The normalized spacial score (nSPS) is 14.0. The van der Waals surface area contributed by atoms with Gasteiger partial charge in [0.15, 0.2) is 0 Å². The Labute approximate surface area is 127 Å². The van der Waals surface area contributed by atoms with Gasteiger partial charge in [-0.2, -0.15) is 0 Å². The summed E-state index contributed by atoms with van der Waals surface area (Å²) >= 11 is 6.00. The summed E-state index contributed by atoms with van der Waals surface area (Å²) in [5.41, 5.74) is 2.32. The number of anilines is 1. The average Bonchev–Trinajstić information content (AvgIpc) is 3.24. The van der Waals surface area contributed by atoms with E-state index < -0.39 is 5.97 Å². The third-order valence-corrected chi connectivity index (χ3v) is 3.86. The van der Waals surface area contributed by atoms with Gasteiger partial charge in [-0.05, 0) is 31.0 Å². The van der Waals surface area contributed by atoms with Gasteiger partial charge >= 0.3 is 5.97 Å². The molecule has 0 radical (unpaired) electrons. The first-order chi connectivity index (χ1) is 10.2. The summed E-state index contributed by atoms with van der Waals surface area (Å²) in [5.74, 6) is -0.438. The van der Waals surface area contributed by atoms with E-state index in [1.165, 1.54) is 20.0 Å². The van der Waals surface area contributed by atoms with Crippen LogP contribution in [-0.2, 0) is 11.3 Å². The maximum atomic E-state index is 11.6. The number of esters is 1. The smallest absolute Gasteiger partial charge is 0.339 e. The lowest BCUT2D eigenvalue weighted by Gasteiger charge is -2.10. The molecule has 0 saturated heterocycles. The monoisotopic (exact) mass is 305 g/mol. The summed E-state index contributed by atoms with van der Waals surface area (Å²) in [5, 5.41) is 3.67. The Morgan fingerprint density at radius 3 is 3.05 bits per heavy atom. The van der Waals surface area contributed by atoms with Crippen LogP contribution in [-0.4, -0.2) is 22.6 Å². The molecule has 0 spiro atoms. The second kappa shape index (κ2) is 5.77. The van der Waals surface area contributed by atoms with E-state index in [0.29, 0.717) is 23.2 Å². The van der Waals surface area contributed by atoms with Gasteiger partial charge in [-0.25, -0.2) is 9.78 Å². The highest BCUT2D eigenvalue weighted by molar-refractivity contribution is 6.33. The van der Waals surface area contributed by atoms with E-state index in [9.17, 15) is 4.79 Å². The Morgan fingerprint density at radius 1 is 1.52 bits per heavy atom. The SMILES string of the molecule is COC(=O)c1cc(NCc2cncn2C2CC2)ccc1Cl. The van der Waals surface area contributed by atoms with E-state index in [1.54, 1.807) is 12.1 Å². The van der Waals surface area contributed by atoms with E-state index in [2.05, 4.69) is 14.9 Å². The number of hydrogen-bond donors (Lipinski definition) is 1. The molecule has 1 heterocycles. The first kappa shape index (κ1) is 13.9. The van der Waals surface area contributed by atoms with E-state index >= 15 is 0 Å². The first-order valence-corrected chi connectivity index (χ1v) is 7.19. The standard InChI is InChI=1S/C15H16ClN3O2/c1-21-15(20)13-6-10(2-5-14(13)16)18-8-12-7-17-9-19(12)11-3-4-11/h2,5-7,9,11,18H,3-4,8H2,1H3. The number of ether oxygens (including phenoxy) is 1.